The van der Waals surface area contributed by atoms with Crippen molar-refractivity contribution in [1.82, 2.24) is 4.90 Å². The third-order valence-corrected chi connectivity index (χ3v) is 6.74. The van der Waals surface area contributed by atoms with Crippen molar-refractivity contribution in [3.63, 3.8) is 0 Å². The Morgan fingerprint density at radius 3 is 1.78 bits per heavy atom. The maximum Gasteiger partial charge on any atom is 0.0672 e. The van der Waals surface area contributed by atoms with Crippen molar-refractivity contribution >= 4 is 0 Å². The molecule has 0 radical (unpaired) electrons. The standard InChI is InChI=1S/C24H50N2O/c1-4-7-10-14-23(25,15-11-8-5-2)16-13-20-26-21-18-24(27,19-22-26)17-12-9-6-3/h27H,4-22,25H2,1-3H3. The van der Waals surface area contributed by atoms with Crippen LogP contribution in [0.15, 0.2) is 0 Å². The van der Waals surface area contributed by atoms with E-state index in [-0.39, 0.29) is 11.1 Å². The SMILES string of the molecule is CCCCCC(N)(CCCCC)CCCN1CCC(O)(CCCCC)CC1. The van der Waals surface area contributed by atoms with Crippen LogP contribution in [0.2, 0.25) is 0 Å². The Labute approximate surface area is 170 Å². The van der Waals surface area contributed by atoms with Crippen LogP contribution in [-0.2, 0) is 0 Å². The molecule has 0 aromatic heterocycles. The number of hydrogen-bond donors (Lipinski definition) is 2. The van der Waals surface area contributed by atoms with Gasteiger partial charge in [-0.15, -0.1) is 0 Å². The molecule has 0 atom stereocenters. The summed E-state index contributed by atoms with van der Waals surface area (Å²) in [6.07, 6.45) is 19.1. The molecule has 1 rings (SSSR count). The molecule has 1 aliphatic rings. The largest absolute Gasteiger partial charge is 0.390 e. The van der Waals surface area contributed by atoms with E-state index in [1.807, 2.05) is 0 Å². The van der Waals surface area contributed by atoms with Crippen molar-refractivity contribution in [1.29, 1.82) is 0 Å². The second-order valence-corrected chi connectivity index (χ2v) is 9.40. The summed E-state index contributed by atoms with van der Waals surface area (Å²) in [5, 5.41) is 10.8. The van der Waals surface area contributed by atoms with Gasteiger partial charge in [0.25, 0.3) is 0 Å². The fraction of sp³-hybridized carbons (Fsp3) is 1.00. The molecule has 0 aliphatic carbocycles. The van der Waals surface area contributed by atoms with Gasteiger partial charge in [0.05, 0.1) is 5.60 Å². The molecule has 1 aliphatic heterocycles. The zero-order valence-electron chi connectivity index (χ0n) is 18.9. The average Bonchev–Trinajstić information content (AvgIpc) is 2.64. The maximum absolute atomic E-state index is 10.8. The summed E-state index contributed by atoms with van der Waals surface area (Å²) < 4.78 is 0. The molecule has 1 heterocycles. The maximum atomic E-state index is 10.8. The lowest BCUT2D eigenvalue weighted by Gasteiger charge is -2.39. The second kappa shape index (κ2) is 14.0. The molecule has 0 aromatic rings. The predicted octanol–water partition coefficient (Wildman–Crippen LogP) is 6.03. The van der Waals surface area contributed by atoms with Gasteiger partial charge < -0.3 is 15.7 Å². The number of hydrogen-bond acceptors (Lipinski definition) is 3. The first-order chi connectivity index (χ1) is 13.0. The molecular formula is C24H50N2O. The Kier molecular flexibility index (Phi) is 12.9. The number of nitrogens with zero attached hydrogens (tertiary/aromatic N) is 1. The Morgan fingerprint density at radius 1 is 0.778 bits per heavy atom. The minimum Gasteiger partial charge on any atom is -0.390 e. The van der Waals surface area contributed by atoms with E-state index < -0.39 is 0 Å². The minimum atomic E-state index is -0.385. The molecule has 3 heteroatoms. The van der Waals surface area contributed by atoms with E-state index in [2.05, 4.69) is 25.7 Å². The fourth-order valence-corrected chi connectivity index (χ4v) is 4.63. The number of unbranched alkanes of at least 4 members (excludes halogenated alkanes) is 6. The molecule has 1 fully saturated rings. The summed E-state index contributed by atoms with van der Waals surface area (Å²) in [5.74, 6) is 0. The molecule has 0 bridgehead atoms. The van der Waals surface area contributed by atoms with E-state index in [4.69, 9.17) is 5.73 Å². The first-order valence-corrected chi connectivity index (χ1v) is 12.2. The summed E-state index contributed by atoms with van der Waals surface area (Å²) >= 11 is 0. The van der Waals surface area contributed by atoms with Crippen molar-refractivity contribution in [3.8, 4) is 0 Å². The van der Waals surface area contributed by atoms with E-state index in [9.17, 15) is 5.11 Å². The number of likely N-dealkylation sites (tertiary alicyclic amines) is 1. The Balaban J connectivity index is 2.31. The van der Waals surface area contributed by atoms with Crippen LogP contribution in [0, 0.1) is 0 Å². The lowest BCUT2D eigenvalue weighted by Crippen LogP contribution is -2.45. The second-order valence-electron chi connectivity index (χ2n) is 9.40. The molecule has 1 saturated heterocycles. The first-order valence-electron chi connectivity index (χ1n) is 12.2. The zero-order valence-corrected chi connectivity index (χ0v) is 18.9. The zero-order chi connectivity index (χ0) is 20.0. The molecule has 3 nitrogen and oxygen atoms in total. The van der Waals surface area contributed by atoms with E-state index in [0.29, 0.717) is 0 Å². The highest BCUT2D eigenvalue weighted by Gasteiger charge is 2.31. The van der Waals surface area contributed by atoms with Crippen LogP contribution in [0.25, 0.3) is 0 Å². The van der Waals surface area contributed by atoms with Gasteiger partial charge in [0, 0.05) is 18.6 Å². The summed E-state index contributed by atoms with van der Waals surface area (Å²) in [5.41, 5.74) is 6.52. The highest BCUT2D eigenvalue weighted by molar-refractivity contribution is 4.87. The van der Waals surface area contributed by atoms with Crippen LogP contribution in [-0.4, -0.2) is 40.8 Å². The van der Waals surface area contributed by atoms with Crippen molar-refractivity contribution < 1.29 is 5.11 Å². The van der Waals surface area contributed by atoms with Gasteiger partial charge in [-0.25, -0.2) is 0 Å². The molecule has 27 heavy (non-hydrogen) atoms. The molecule has 0 amide bonds. The predicted molar refractivity (Wildman–Crippen MR) is 119 cm³/mol. The van der Waals surface area contributed by atoms with Gasteiger partial charge in [0.2, 0.25) is 0 Å². The Morgan fingerprint density at radius 2 is 1.26 bits per heavy atom. The summed E-state index contributed by atoms with van der Waals surface area (Å²) in [6.45, 7) is 10.1. The number of nitrogens with two attached hydrogens (primary N) is 1. The van der Waals surface area contributed by atoms with Gasteiger partial charge in [0.1, 0.15) is 0 Å². The average molecular weight is 383 g/mol. The van der Waals surface area contributed by atoms with Crippen LogP contribution >= 0.6 is 0 Å². The highest BCUT2D eigenvalue weighted by Crippen LogP contribution is 2.29. The van der Waals surface area contributed by atoms with Crippen molar-refractivity contribution in [2.45, 2.75) is 135 Å². The fourth-order valence-electron chi connectivity index (χ4n) is 4.63. The molecule has 3 N–H and O–H groups in total. The topological polar surface area (TPSA) is 49.5 Å². The molecule has 0 saturated carbocycles. The lowest BCUT2D eigenvalue weighted by molar-refractivity contribution is -0.0296. The Bertz CT molecular complexity index is 340. The summed E-state index contributed by atoms with van der Waals surface area (Å²) in [7, 11) is 0. The summed E-state index contributed by atoms with van der Waals surface area (Å²) in [6, 6.07) is 0. The molecule has 162 valence electrons. The van der Waals surface area contributed by atoms with Gasteiger partial charge in [-0.1, -0.05) is 78.6 Å². The quantitative estimate of drug-likeness (QED) is 0.320. The van der Waals surface area contributed by atoms with E-state index >= 15 is 0 Å². The van der Waals surface area contributed by atoms with Crippen LogP contribution in [0.3, 0.4) is 0 Å². The minimum absolute atomic E-state index is 0.0566. The van der Waals surface area contributed by atoms with Crippen molar-refractivity contribution in [2.75, 3.05) is 19.6 Å². The van der Waals surface area contributed by atoms with Gasteiger partial charge >= 0.3 is 0 Å². The monoisotopic (exact) mass is 382 g/mol. The third kappa shape index (κ3) is 10.9. The van der Waals surface area contributed by atoms with Crippen molar-refractivity contribution in [2.24, 2.45) is 5.73 Å². The smallest absolute Gasteiger partial charge is 0.0672 e. The number of piperidine rings is 1. The number of rotatable bonds is 16. The molecular weight excluding hydrogens is 332 g/mol. The van der Waals surface area contributed by atoms with Crippen LogP contribution < -0.4 is 5.73 Å². The highest BCUT2D eigenvalue weighted by atomic mass is 16.3. The van der Waals surface area contributed by atoms with Gasteiger partial charge in [-0.05, 0) is 51.5 Å². The molecule has 0 aromatic carbocycles. The van der Waals surface area contributed by atoms with E-state index in [1.54, 1.807) is 0 Å². The Hall–Kier alpha value is -0.120. The van der Waals surface area contributed by atoms with E-state index in [1.165, 1.54) is 77.0 Å². The number of aliphatic hydroxyl groups is 1. The van der Waals surface area contributed by atoms with Gasteiger partial charge in [-0.3, -0.25) is 0 Å². The van der Waals surface area contributed by atoms with E-state index in [0.717, 1.165) is 45.3 Å². The summed E-state index contributed by atoms with van der Waals surface area (Å²) in [4.78, 5) is 2.56. The molecule has 0 spiro atoms. The van der Waals surface area contributed by atoms with Crippen LogP contribution in [0.4, 0.5) is 0 Å². The van der Waals surface area contributed by atoms with Crippen LogP contribution in [0.5, 0.6) is 0 Å². The van der Waals surface area contributed by atoms with Crippen molar-refractivity contribution in [3.05, 3.63) is 0 Å². The first kappa shape index (κ1) is 24.9. The normalized spacial score (nSPS) is 18.1. The molecule has 0 unspecified atom stereocenters. The third-order valence-electron chi connectivity index (χ3n) is 6.74. The van der Waals surface area contributed by atoms with Gasteiger partial charge in [0.15, 0.2) is 0 Å². The van der Waals surface area contributed by atoms with Gasteiger partial charge in [-0.2, -0.15) is 0 Å². The van der Waals surface area contributed by atoms with Crippen LogP contribution in [0.1, 0.15) is 124 Å². The lowest BCUT2D eigenvalue weighted by atomic mass is 9.83.